The molecule has 9 nitrogen and oxygen atoms in total. The highest BCUT2D eigenvalue weighted by molar-refractivity contribution is 7.45. The molecule has 0 fully saturated rings. The molecule has 0 aromatic carbocycles. The zero-order chi connectivity index (χ0) is 55.7. The number of esters is 1. The number of rotatable bonds is 56. The molecule has 0 aliphatic heterocycles. The van der Waals surface area contributed by atoms with E-state index in [-0.39, 0.29) is 24.9 Å². The highest BCUT2D eigenvalue weighted by Crippen LogP contribution is 2.38. The van der Waals surface area contributed by atoms with E-state index in [2.05, 4.69) is 99.0 Å². The Balaban J connectivity index is 5.29. The van der Waals surface area contributed by atoms with Gasteiger partial charge in [-0.25, -0.2) is 0 Å². The molecule has 76 heavy (non-hydrogen) atoms. The van der Waals surface area contributed by atoms with E-state index in [1.807, 2.05) is 33.3 Å². The fourth-order valence-electron chi connectivity index (χ4n) is 8.72. The number of quaternary nitrogens is 1. The number of nitrogens with zero attached hydrogens (tertiary/aromatic N) is 1. The summed E-state index contributed by atoms with van der Waals surface area (Å²) in [4.78, 5) is 40.0. The third kappa shape index (κ3) is 55.9. The Morgan fingerprint density at radius 3 is 1.29 bits per heavy atom. The molecule has 1 amide bonds. The number of nitrogens with one attached hydrogen (secondary N) is 1. The van der Waals surface area contributed by atoms with Crippen LogP contribution in [0.4, 0.5) is 0 Å². The number of ether oxygens (including phenoxy) is 1. The molecule has 0 rings (SSSR count). The van der Waals surface area contributed by atoms with E-state index in [9.17, 15) is 19.0 Å². The standard InChI is InChI=1S/C66H119N2O7P/c1-7-10-13-16-19-22-25-28-30-32-33-34-35-36-38-41-44-47-50-53-56-59-66(70)75-64(57-54-51-48-45-42-39-27-24-21-18-15-12-9-3)63(62-74-76(71,72)73-61-60-68(4,5)6)67-65(69)58-55-52-49-46-43-40-37-31-29-26-23-20-17-14-11-8-2/h11,14,19-20,22-23,28-31,33-34,54,57,63-64H,7-10,12-13,15-18,21,24-27,32,35-53,55-56,58-62H2,1-6H3,(H-,67,69,71,72)/b14-11+,22-19-,23-20+,30-28-,31-29+,34-33-,57-54+. The van der Waals surface area contributed by atoms with E-state index < -0.39 is 26.6 Å². The van der Waals surface area contributed by atoms with Gasteiger partial charge in [-0.1, -0.05) is 241 Å². The van der Waals surface area contributed by atoms with Crippen molar-refractivity contribution >= 4 is 19.7 Å². The lowest BCUT2D eigenvalue weighted by atomic mass is 10.0. The topological polar surface area (TPSA) is 114 Å². The van der Waals surface area contributed by atoms with Crippen molar-refractivity contribution in [2.24, 2.45) is 0 Å². The average Bonchev–Trinajstić information content (AvgIpc) is 3.38. The van der Waals surface area contributed by atoms with Crippen LogP contribution in [-0.2, 0) is 27.9 Å². The van der Waals surface area contributed by atoms with Crippen molar-refractivity contribution in [2.75, 3.05) is 40.9 Å². The second-order valence-electron chi connectivity index (χ2n) is 22.2. The van der Waals surface area contributed by atoms with Gasteiger partial charge in [-0.3, -0.25) is 14.2 Å². The summed E-state index contributed by atoms with van der Waals surface area (Å²) >= 11 is 0. The first-order valence-electron chi connectivity index (χ1n) is 31.4. The van der Waals surface area contributed by atoms with Crippen LogP contribution in [0.2, 0.25) is 0 Å². The first-order valence-corrected chi connectivity index (χ1v) is 32.9. The number of phosphoric ester groups is 1. The Hall–Kier alpha value is -2.81. The number of carbonyl (C=O) groups excluding carboxylic acids is 2. The summed E-state index contributed by atoms with van der Waals surface area (Å²) in [6.07, 6.45) is 72.6. The van der Waals surface area contributed by atoms with Gasteiger partial charge in [0.2, 0.25) is 5.91 Å². The number of amides is 1. The highest BCUT2D eigenvalue weighted by Gasteiger charge is 2.27. The maximum atomic E-state index is 13.5. The Labute approximate surface area is 469 Å². The predicted molar refractivity (Wildman–Crippen MR) is 325 cm³/mol. The average molecular weight is 1080 g/mol. The van der Waals surface area contributed by atoms with E-state index in [1.165, 1.54) is 109 Å². The third-order valence-corrected chi connectivity index (χ3v) is 14.5. The highest BCUT2D eigenvalue weighted by atomic mass is 31.2. The molecule has 0 bridgehead atoms. The van der Waals surface area contributed by atoms with Gasteiger partial charge < -0.3 is 28.5 Å². The van der Waals surface area contributed by atoms with Gasteiger partial charge in [-0.05, 0) is 102 Å². The molecular formula is C66H119N2O7P. The molecule has 0 aromatic rings. The lowest BCUT2D eigenvalue weighted by Gasteiger charge is -2.30. The van der Waals surface area contributed by atoms with Crippen molar-refractivity contribution in [1.82, 2.24) is 5.32 Å². The van der Waals surface area contributed by atoms with E-state index in [4.69, 9.17) is 13.8 Å². The third-order valence-electron chi connectivity index (χ3n) is 13.6. The molecule has 0 aromatic heterocycles. The van der Waals surface area contributed by atoms with Crippen molar-refractivity contribution in [3.63, 3.8) is 0 Å². The molecule has 0 radical (unpaired) electrons. The molecule has 0 spiro atoms. The van der Waals surface area contributed by atoms with Crippen LogP contribution in [0.3, 0.4) is 0 Å². The van der Waals surface area contributed by atoms with Crippen molar-refractivity contribution in [3.8, 4) is 0 Å². The van der Waals surface area contributed by atoms with Gasteiger partial charge in [0.25, 0.3) is 7.82 Å². The number of hydrogen-bond acceptors (Lipinski definition) is 7. The molecule has 3 unspecified atom stereocenters. The monoisotopic (exact) mass is 1080 g/mol. The van der Waals surface area contributed by atoms with Gasteiger partial charge >= 0.3 is 5.97 Å². The molecular weight excluding hydrogens is 964 g/mol. The summed E-state index contributed by atoms with van der Waals surface area (Å²) in [5.74, 6) is -0.564. The summed E-state index contributed by atoms with van der Waals surface area (Å²) in [6, 6.07) is -0.902. The zero-order valence-electron chi connectivity index (χ0n) is 50.2. The molecule has 0 saturated carbocycles. The summed E-state index contributed by atoms with van der Waals surface area (Å²) in [7, 11) is 1.16. The Bertz CT molecular complexity index is 1580. The van der Waals surface area contributed by atoms with Gasteiger partial charge in [0.1, 0.15) is 19.3 Å². The molecule has 440 valence electrons. The summed E-state index contributed by atoms with van der Waals surface area (Å²) in [6.45, 7) is 6.70. The fourth-order valence-corrected chi connectivity index (χ4v) is 9.44. The molecule has 0 saturated heterocycles. The van der Waals surface area contributed by atoms with Crippen LogP contribution in [0.15, 0.2) is 85.1 Å². The van der Waals surface area contributed by atoms with Crippen molar-refractivity contribution in [2.45, 2.75) is 283 Å². The van der Waals surface area contributed by atoms with Crippen LogP contribution in [0.25, 0.3) is 0 Å². The number of hydrogen-bond donors (Lipinski definition) is 1. The SMILES string of the molecule is CC/C=C/C/C=C/C/C=C/CCCCCCCCC(=O)NC(COP(=O)([O-])OCC[N+](C)(C)C)C(/C=C/CCCCCCCCCCCCC)OC(=O)CCCCCCCCCC/C=C\C/C=C\C/C=C\CCCCC. The van der Waals surface area contributed by atoms with Crippen LogP contribution >= 0.6 is 7.82 Å². The Morgan fingerprint density at radius 2 is 0.842 bits per heavy atom. The van der Waals surface area contributed by atoms with E-state index in [0.717, 1.165) is 128 Å². The van der Waals surface area contributed by atoms with E-state index in [1.54, 1.807) is 0 Å². The van der Waals surface area contributed by atoms with Crippen LogP contribution in [0.5, 0.6) is 0 Å². The number of unbranched alkanes of at least 4 members (excludes halogenated alkanes) is 28. The minimum Gasteiger partial charge on any atom is -0.756 e. The van der Waals surface area contributed by atoms with Gasteiger partial charge in [-0.15, -0.1) is 0 Å². The number of carbonyl (C=O) groups is 2. The molecule has 1 N–H and O–H groups in total. The lowest BCUT2D eigenvalue weighted by Crippen LogP contribution is -2.47. The Morgan fingerprint density at radius 1 is 0.474 bits per heavy atom. The Kier molecular flexibility index (Phi) is 53.5. The smallest absolute Gasteiger partial charge is 0.306 e. The summed E-state index contributed by atoms with van der Waals surface area (Å²) in [5.41, 5.74) is 0. The van der Waals surface area contributed by atoms with E-state index in [0.29, 0.717) is 17.4 Å². The van der Waals surface area contributed by atoms with Gasteiger partial charge in [0, 0.05) is 12.8 Å². The van der Waals surface area contributed by atoms with Crippen LogP contribution < -0.4 is 10.2 Å². The molecule has 10 heteroatoms. The summed E-state index contributed by atoms with van der Waals surface area (Å²) < 4.78 is 30.3. The van der Waals surface area contributed by atoms with Crippen LogP contribution in [0, 0.1) is 0 Å². The van der Waals surface area contributed by atoms with Crippen LogP contribution in [-0.4, -0.2) is 69.4 Å². The van der Waals surface area contributed by atoms with Crippen molar-refractivity contribution < 1.29 is 37.3 Å². The predicted octanol–water partition coefficient (Wildman–Crippen LogP) is 18.8. The molecule has 0 aliphatic carbocycles. The minimum absolute atomic E-state index is 0.0296. The molecule has 3 atom stereocenters. The maximum Gasteiger partial charge on any atom is 0.306 e. The fraction of sp³-hybridized carbons (Fsp3) is 0.758. The second kappa shape index (κ2) is 55.5. The quantitative estimate of drug-likeness (QED) is 0.0212. The van der Waals surface area contributed by atoms with E-state index >= 15 is 0 Å². The largest absolute Gasteiger partial charge is 0.756 e. The minimum atomic E-state index is -4.71. The first-order chi connectivity index (χ1) is 36.9. The van der Waals surface area contributed by atoms with Gasteiger partial charge in [-0.2, -0.15) is 0 Å². The lowest BCUT2D eigenvalue weighted by molar-refractivity contribution is -0.870. The number of likely N-dealkylation sites (N-methyl/N-ethyl adjacent to an activating group) is 1. The summed E-state index contributed by atoms with van der Waals surface area (Å²) in [5, 5.41) is 3.02. The van der Waals surface area contributed by atoms with Gasteiger partial charge in [0.15, 0.2) is 0 Å². The molecule has 0 aliphatic rings. The first kappa shape index (κ1) is 73.2. The van der Waals surface area contributed by atoms with Crippen LogP contribution in [0.1, 0.15) is 271 Å². The molecule has 0 heterocycles. The normalized spacial score (nSPS) is 14.2. The van der Waals surface area contributed by atoms with Crippen molar-refractivity contribution in [3.05, 3.63) is 85.1 Å². The number of phosphoric acid groups is 1. The van der Waals surface area contributed by atoms with Gasteiger partial charge in [0.05, 0.1) is 33.8 Å². The second-order valence-corrected chi connectivity index (χ2v) is 23.6. The number of allylic oxidation sites excluding steroid dienone is 13. The maximum absolute atomic E-state index is 13.5. The van der Waals surface area contributed by atoms with Crippen molar-refractivity contribution in [1.29, 1.82) is 0 Å². The zero-order valence-corrected chi connectivity index (χ0v) is 51.1.